The number of aliphatic hydroxyl groups excluding tert-OH is 1. The van der Waals surface area contributed by atoms with Crippen LogP contribution < -0.4 is 5.73 Å². The number of hydrogen-bond acceptors (Lipinski definition) is 5. The Morgan fingerprint density at radius 1 is 0.964 bits per heavy atom. The fraction of sp³-hybridized carbons (Fsp3) is 0.391. The van der Waals surface area contributed by atoms with E-state index in [1.807, 2.05) is 12.1 Å². The molecule has 0 radical (unpaired) electrons. The fourth-order valence-electron chi connectivity index (χ4n) is 3.97. The number of fused-ring (bicyclic) bond motifs is 1. The molecular formula is C23H29N3OS. The monoisotopic (exact) mass is 395 g/mol. The molecule has 28 heavy (non-hydrogen) atoms. The van der Waals surface area contributed by atoms with Gasteiger partial charge in [0.15, 0.2) is 0 Å². The molecule has 1 atom stereocenters. The first-order valence-corrected chi connectivity index (χ1v) is 11.0. The Labute approximate surface area is 171 Å². The highest BCUT2D eigenvalue weighted by Gasteiger charge is 2.18. The number of nitrogens with two attached hydrogens (primary N) is 1. The molecule has 0 bridgehead atoms. The number of rotatable bonds is 7. The van der Waals surface area contributed by atoms with Gasteiger partial charge in [-0.15, -0.1) is 11.3 Å². The SMILES string of the molecule is Nc1ccc(CN2CCN(CCCC(O)c3csc4ccccc34)CC2)cc1. The van der Waals surface area contributed by atoms with Crippen LogP contribution in [0.1, 0.15) is 30.1 Å². The minimum atomic E-state index is -0.358. The Morgan fingerprint density at radius 2 is 1.68 bits per heavy atom. The molecule has 0 aliphatic carbocycles. The molecule has 1 unspecified atom stereocenters. The Kier molecular flexibility index (Phi) is 6.27. The Hall–Kier alpha value is -1.92. The van der Waals surface area contributed by atoms with E-state index in [-0.39, 0.29) is 6.10 Å². The molecule has 2 aromatic carbocycles. The largest absolute Gasteiger partial charge is 0.399 e. The minimum absolute atomic E-state index is 0.358. The van der Waals surface area contributed by atoms with Crippen molar-refractivity contribution in [2.45, 2.75) is 25.5 Å². The summed E-state index contributed by atoms with van der Waals surface area (Å²) in [4.78, 5) is 5.03. The summed E-state index contributed by atoms with van der Waals surface area (Å²) < 4.78 is 1.26. The van der Waals surface area contributed by atoms with Gasteiger partial charge in [0.25, 0.3) is 0 Å². The summed E-state index contributed by atoms with van der Waals surface area (Å²) in [6.45, 7) is 6.47. The Balaban J connectivity index is 1.20. The fourth-order valence-corrected chi connectivity index (χ4v) is 4.98. The maximum absolute atomic E-state index is 10.6. The molecule has 0 amide bonds. The van der Waals surface area contributed by atoms with Gasteiger partial charge in [-0.2, -0.15) is 0 Å². The van der Waals surface area contributed by atoms with Gasteiger partial charge >= 0.3 is 0 Å². The highest BCUT2D eigenvalue weighted by atomic mass is 32.1. The summed E-state index contributed by atoms with van der Waals surface area (Å²) in [5, 5.41) is 14.0. The van der Waals surface area contributed by atoms with Gasteiger partial charge in [0, 0.05) is 43.1 Å². The van der Waals surface area contributed by atoms with E-state index in [9.17, 15) is 5.11 Å². The van der Waals surface area contributed by atoms with Crippen LogP contribution in [0, 0.1) is 0 Å². The van der Waals surface area contributed by atoms with Gasteiger partial charge < -0.3 is 15.7 Å². The third kappa shape index (κ3) is 4.73. The van der Waals surface area contributed by atoms with Crippen molar-refractivity contribution in [2.24, 2.45) is 0 Å². The summed E-state index contributed by atoms with van der Waals surface area (Å²) >= 11 is 1.72. The van der Waals surface area contributed by atoms with E-state index in [1.165, 1.54) is 15.6 Å². The predicted molar refractivity (Wildman–Crippen MR) is 119 cm³/mol. The highest BCUT2D eigenvalue weighted by Crippen LogP contribution is 2.32. The molecule has 1 aliphatic heterocycles. The Bertz CT molecular complexity index is 884. The first-order valence-electron chi connectivity index (χ1n) is 10.1. The van der Waals surface area contributed by atoms with E-state index in [0.29, 0.717) is 0 Å². The molecule has 3 aromatic rings. The van der Waals surface area contributed by atoms with Crippen molar-refractivity contribution in [3.8, 4) is 0 Å². The number of thiophene rings is 1. The van der Waals surface area contributed by atoms with Gasteiger partial charge in [-0.1, -0.05) is 30.3 Å². The van der Waals surface area contributed by atoms with Crippen molar-refractivity contribution in [3.05, 3.63) is 65.0 Å². The summed E-state index contributed by atoms with van der Waals surface area (Å²) in [5.41, 5.74) is 9.01. The first-order chi connectivity index (χ1) is 13.7. The van der Waals surface area contributed by atoms with Crippen molar-refractivity contribution in [3.63, 3.8) is 0 Å². The van der Waals surface area contributed by atoms with Crippen molar-refractivity contribution in [1.29, 1.82) is 0 Å². The number of nitrogens with zero attached hydrogens (tertiary/aromatic N) is 2. The van der Waals surface area contributed by atoms with Crippen molar-refractivity contribution < 1.29 is 5.11 Å². The van der Waals surface area contributed by atoms with Crippen LogP contribution in [0.15, 0.2) is 53.9 Å². The number of piperazine rings is 1. The molecule has 1 saturated heterocycles. The standard InChI is InChI=1S/C23H29N3OS/c24-19-9-7-18(8-10-19)16-26-14-12-25(13-15-26)11-3-5-22(27)21-17-28-23-6-2-1-4-20(21)23/h1-2,4,6-10,17,22,27H,3,5,11-16,24H2. The van der Waals surface area contributed by atoms with Gasteiger partial charge in [0.05, 0.1) is 6.10 Å². The second-order valence-corrected chi connectivity index (χ2v) is 8.62. The summed E-state index contributed by atoms with van der Waals surface area (Å²) in [6.07, 6.45) is 1.50. The number of aliphatic hydroxyl groups is 1. The van der Waals surface area contributed by atoms with Gasteiger partial charge in [0.1, 0.15) is 0 Å². The third-order valence-electron chi connectivity index (χ3n) is 5.67. The lowest BCUT2D eigenvalue weighted by atomic mass is 10.0. The van der Waals surface area contributed by atoms with Crippen LogP contribution in [0.2, 0.25) is 0 Å². The van der Waals surface area contributed by atoms with Gasteiger partial charge in [-0.3, -0.25) is 4.90 Å². The van der Waals surface area contributed by atoms with E-state index in [4.69, 9.17) is 5.73 Å². The molecule has 0 spiro atoms. The maximum Gasteiger partial charge on any atom is 0.0804 e. The van der Waals surface area contributed by atoms with Crippen molar-refractivity contribution >= 4 is 27.1 Å². The van der Waals surface area contributed by atoms with E-state index in [2.05, 4.69) is 51.6 Å². The molecule has 0 saturated carbocycles. The Morgan fingerprint density at radius 3 is 2.46 bits per heavy atom. The van der Waals surface area contributed by atoms with Crippen LogP contribution >= 0.6 is 11.3 Å². The van der Waals surface area contributed by atoms with Gasteiger partial charge in [-0.25, -0.2) is 0 Å². The van der Waals surface area contributed by atoms with Crippen LogP contribution in [-0.2, 0) is 6.54 Å². The molecule has 1 aromatic heterocycles. The molecule has 5 heteroatoms. The van der Waals surface area contributed by atoms with E-state index in [1.54, 1.807) is 11.3 Å². The smallest absolute Gasteiger partial charge is 0.0804 e. The van der Waals surface area contributed by atoms with Gasteiger partial charge in [0.2, 0.25) is 0 Å². The normalized spacial score (nSPS) is 17.2. The average Bonchev–Trinajstić information content (AvgIpc) is 3.15. The van der Waals surface area contributed by atoms with E-state index >= 15 is 0 Å². The zero-order valence-electron chi connectivity index (χ0n) is 16.3. The summed E-state index contributed by atoms with van der Waals surface area (Å²) in [6, 6.07) is 16.6. The van der Waals surface area contributed by atoms with E-state index < -0.39 is 0 Å². The molecular weight excluding hydrogens is 366 g/mol. The van der Waals surface area contributed by atoms with Crippen LogP contribution in [0.3, 0.4) is 0 Å². The molecule has 4 nitrogen and oxygen atoms in total. The molecule has 148 valence electrons. The van der Waals surface area contributed by atoms with Crippen LogP contribution in [0.5, 0.6) is 0 Å². The van der Waals surface area contributed by atoms with Crippen LogP contribution in [0.4, 0.5) is 5.69 Å². The van der Waals surface area contributed by atoms with Crippen molar-refractivity contribution in [2.75, 3.05) is 38.5 Å². The molecule has 2 heterocycles. The van der Waals surface area contributed by atoms with Gasteiger partial charge in [-0.05, 0) is 59.5 Å². The number of hydrogen-bond donors (Lipinski definition) is 2. The quantitative estimate of drug-likeness (QED) is 0.591. The summed E-state index contributed by atoms with van der Waals surface area (Å²) in [5.74, 6) is 0. The summed E-state index contributed by atoms with van der Waals surface area (Å²) in [7, 11) is 0. The van der Waals surface area contributed by atoms with Crippen LogP contribution in [-0.4, -0.2) is 47.6 Å². The number of benzene rings is 2. The maximum atomic E-state index is 10.6. The van der Waals surface area contributed by atoms with E-state index in [0.717, 1.165) is 63.4 Å². The third-order valence-corrected chi connectivity index (χ3v) is 6.65. The average molecular weight is 396 g/mol. The molecule has 4 rings (SSSR count). The molecule has 3 N–H and O–H groups in total. The lowest BCUT2D eigenvalue weighted by molar-refractivity contribution is 0.115. The highest BCUT2D eigenvalue weighted by molar-refractivity contribution is 7.17. The second-order valence-electron chi connectivity index (χ2n) is 7.70. The number of anilines is 1. The minimum Gasteiger partial charge on any atom is -0.399 e. The number of nitrogen functional groups attached to an aromatic ring is 1. The second kappa shape index (κ2) is 9.05. The van der Waals surface area contributed by atoms with Crippen molar-refractivity contribution in [1.82, 2.24) is 9.80 Å². The molecule has 1 fully saturated rings. The lowest BCUT2D eigenvalue weighted by Crippen LogP contribution is -2.46. The zero-order valence-corrected chi connectivity index (χ0v) is 17.1. The first kappa shape index (κ1) is 19.4. The lowest BCUT2D eigenvalue weighted by Gasteiger charge is -2.34. The van der Waals surface area contributed by atoms with Crippen LogP contribution in [0.25, 0.3) is 10.1 Å². The predicted octanol–water partition coefficient (Wildman–Crippen LogP) is 4.11. The zero-order chi connectivity index (χ0) is 19.3. The molecule has 1 aliphatic rings. The topological polar surface area (TPSA) is 52.7 Å².